The maximum atomic E-state index is 13.5. The van der Waals surface area contributed by atoms with E-state index in [2.05, 4.69) is 0 Å². The summed E-state index contributed by atoms with van der Waals surface area (Å²) in [5, 5.41) is 0. The molecule has 5 aliphatic carbocycles. The number of imide groups is 2. The average Bonchev–Trinajstić information content (AvgIpc) is 3.53. The van der Waals surface area contributed by atoms with Crippen molar-refractivity contribution in [1.29, 1.82) is 0 Å². The number of benzene rings is 1. The highest BCUT2D eigenvalue weighted by Crippen LogP contribution is 2.58. The Balaban J connectivity index is 1.23. The van der Waals surface area contributed by atoms with Crippen LogP contribution in [0.15, 0.2) is 24.3 Å². The number of rotatable bonds is 6. The van der Waals surface area contributed by atoms with Gasteiger partial charge in [-0.15, -0.1) is 0 Å². The first-order chi connectivity index (χ1) is 14.9. The molecule has 1 aromatic carbocycles. The van der Waals surface area contributed by atoms with E-state index in [1.165, 1.54) is 41.2 Å². The standard InChI is InChI=1S/C24H28FN3O3/c25-19-3-1-15(2-4-19)13-26(20-5-6-20)14-27-21(29)22(30)28(23(27)31)24-10-16-7-17(11-24)9-18(8-16)12-24/h1-4,16-18,20H,5-14H2/p+1. The van der Waals surface area contributed by atoms with Gasteiger partial charge in [0.25, 0.3) is 0 Å². The van der Waals surface area contributed by atoms with Gasteiger partial charge < -0.3 is 4.90 Å². The molecule has 6 fully saturated rings. The molecule has 164 valence electrons. The van der Waals surface area contributed by atoms with Gasteiger partial charge in [0, 0.05) is 18.4 Å². The maximum Gasteiger partial charge on any atom is 0.339 e. The molecule has 1 heterocycles. The van der Waals surface area contributed by atoms with Crippen molar-refractivity contribution in [3.63, 3.8) is 0 Å². The summed E-state index contributed by atoms with van der Waals surface area (Å²) in [6.45, 7) is 0.807. The Bertz CT molecular complexity index is 907. The Morgan fingerprint density at radius 2 is 1.48 bits per heavy atom. The third-order valence-corrected chi connectivity index (χ3v) is 8.39. The molecule has 6 nitrogen and oxygen atoms in total. The maximum absolute atomic E-state index is 13.5. The van der Waals surface area contributed by atoms with Gasteiger partial charge in [-0.2, -0.15) is 0 Å². The van der Waals surface area contributed by atoms with Gasteiger partial charge in [0.2, 0.25) is 0 Å². The normalized spacial score (nSPS) is 35.4. The molecule has 1 atom stereocenters. The third kappa shape index (κ3) is 3.20. The minimum absolute atomic E-state index is 0.203. The zero-order chi connectivity index (χ0) is 21.3. The Hall–Kier alpha value is -2.28. The van der Waals surface area contributed by atoms with Gasteiger partial charge in [0.1, 0.15) is 12.4 Å². The molecule has 4 bridgehead atoms. The zero-order valence-electron chi connectivity index (χ0n) is 17.7. The molecule has 1 saturated heterocycles. The molecule has 7 heteroatoms. The van der Waals surface area contributed by atoms with Crippen LogP contribution in [0.3, 0.4) is 0 Å². The number of urea groups is 1. The Kier molecular flexibility index (Phi) is 4.29. The first-order valence-corrected chi connectivity index (χ1v) is 11.7. The molecule has 1 aromatic rings. The van der Waals surface area contributed by atoms with Gasteiger partial charge in [-0.05, 0) is 68.4 Å². The predicted molar refractivity (Wildman–Crippen MR) is 109 cm³/mol. The van der Waals surface area contributed by atoms with Crippen LogP contribution in [-0.2, 0) is 16.1 Å². The van der Waals surface area contributed by atoms with Crippen molar-refractivity contribution in [2.75, 3.05) is 6.67 Å². The number of amides is 4. The summed E-state index contributed by atoms with van der Waals surface area (Å²) in [7, 11) is 0. The summed E-state index contributed by atoms with van der Waals surface area (Å²) in [5.74, 6) is 0.189. The number of carbonyl (C=O) groups is 3. The van der Waals surface area contributed by atoms with Crippen molar-refractivity contribution < 1.29 is 23.7 Å². The van der Waals surface area contributed by atoms with Crippen molar-refractivity contribution in [1.82, 2.24) is 9.80 Å². The minimum Gasteiger partial charge on any atom is -0.311 e. The fourth-order valence-electron chi connectivity index (χ4n) is 7.29. The average molecular weight is 427 g/mol. The molecule has 1 N–H and O–H groups in total. The lowest BCUT2D eigenvalue weighted by Gasteiger charge is -2.58. The minimum atomic E-state index is -0.669. The first kappa shape index (κ1) is 19.4. The molecule has 0 aromatic heterocycles. The summed E-state index contributed by atoms with van der Waals surface area (Å²) in [6.07, 6.45) is 8.32. The van der Waals surface area contributed by atoms with E-state index in [-0.39, 0.29) is 12.5 Å². The smallest absolute Gasteiger partial charge is 0.311 e. The molecule has 0 radical (unpaired) electrons. The Morgan fingerprint density at radius 1 is 0.903 bits per heavy atom. The molecule has 7 rings (SSSR count). The van der Waals surface area contributed by atoms with Gasteiger partial charge >= 0.3 is 17.8 Å². The Labute approximate surface area is 181 Å². The van der Waals surface area contributed by atoms with Gasteiger partial charge in [-0.1, -0.05) is 12.1 Å². The Morgan fingerprint density at radius 3 is 2.03 bits per heavy atom. The summed E-state index contributed by atoms with van der Waals surface area (Å²) in [4.78, 5) is 43.1. The summed E-state index contributed by atoms with van der Waals surface area (Å²) >= 11 is 0. The number of nitrogens with zero attached hydrogens (tertiary/aromatic N) is 2. The van der Waals surface area contributed by atoms with Gasteiger partial charge in [0.15, 0.2) is 6.67 Å². The zero-order valence-corrected chi connectivity index (χ0v) is 17.7. The van der Waals surface area contributed by atoms with Crippen LogP contribution in [0.25, 0.3) is 0 Å². The number of halogens is 1. The lowest BCUT2D eigenvalue weighted by molar-refractivity contribution is -0.931. The fourth-order valence-corrected chi connectivity index (χ4v) is 7.29. The molecule has 31 heavy (non-hydrogen) atoms. The van der Waals surface area contributed by atoms with E-state index in [0.29, 0.717) is 30.3 Å². The fraction of sp³-hybridized carbons (Fsp3) is 0.625. The van der Waals surface area contributed by atoms with Crippen molar-refractivity contribution in [3.8, 4) is 0 Å². The van der Waals surface area contributed by atoms with E-state index in [9.17, 15) is 18.8 Å². The molecular formula is C24H29FN3O3+. The number of hydrogen-bond acceptors (Lipinski definition) is 3. The molecule has 1 unspecified atom stereocenters. The van der Waals surface area contributed by atoms with E-state index in [1.54, 1.807) is 12.1 Å². The summed E-state index contributed by atoms with van der Waals surface area (Å²) in [6, 6.07) is 6.33. The molecule has 5 saturated carbocycles. The lowest BCUT2D eigenvalue weighted by Crippen LogP contribution is -3.13. The summed E-state index contributed by atoms with van der Waals surface area (Å²) < 4.78 is 13.3. The van der Waals surface area contributed by atoms with Crippen LogP contribution in [0.2, 0.25) is 0 Å². The van der Waals surface area contributed by atoms with Gasteiger partial charge in [-0.25, -0.2) is 19.0 Å². The second kappa shape index (κ2) is 6.86. The molecule has 0 spiro atoms. The van der Waals surface area contributed by atoms with Crippen LogP contribution in [0, 0.1) is 23.6 Å². The van der Waals surface area contributed by atoms with E-state index >= 15 is 0 Å². The number of nitrogens with one attached hydrogen (secondary N) is 1. The monoisotopic (exact) mass is 426 g/mol. The second-order valence-electron chi connectivity index (χ2n) is 10.7. The topological polar surface area (TPSA) is 62.1 Å². The molecule has 6 aliphatic rings. The van der Waals surface area contributed by atoms with Gasteiger partial charge in [0.05, 0.1) is 11.6 Å². The number of hydrogen-bond donors (Lipinski definition) is 1. The molecule has 4 amide bonds. The SMILES string of the molecule is O=C1C(=O)N(C23CC4CC(CC(C4)C2)C3)C(=O)N1C[NH+](Cc1ccc(F)cc1)C1CC1. The van der Waals surface area contributed by atoms with Crippen molar-refractivity contribution in [2.24, 2.45) is 17.8 Å². The highest BCUT2D eigenvalue weighted by Gasteiger charge is 2.61. The quantitative estimate of drug-likeness (QED) is 0.560. The van der Waals surface area contributed by atoms with Crippen LogP contribution >= 0.6 is 0 Å². The lowest BCUT2D eigenvalue weighted by atomic mass is 9.52. The third-order valence-electron chi connectivity index (χ3n) is 8.39. The highest BCUT2D eigenvalue weighted by atomic mass is 19.1. The van der Waals surface area contributed by atoms with Gasteiger partial charge in [-0.3, -0.25) is 9.59 Å². The second-order valence-corrected chi connectivity index (χ2v) is 10.7. The van der Waals surface area contributed by atoms with E-state index < -0.39 is 23.4 Å². The molecular weight excluding hydrogens is 397 g/mol. The highest BCUT2D eigenvalue weighted by molar-refractivity contribution is 6.44. The number of carbonyl (C=O) groups excluding carboxylic acids is 3. The van der Waals surface area contributed by atoms with E-state index in [4.69, 9.17) is 0 Å². The first-order valence-electron chi connectivity index (χ1n) is 11.7. The van der Waals surface area contributed by atoms with Crippen LogP contribution < -0.4 is 4.90 Å². The van der Waals surface area contributed by atoms with Crippen LogP contribution in [0.1, 0.15) is 56.9 Å². The largest absolute Gasteiger partial charge is 0.339 e. The van der Waals surface area contributed by atoms with E-state index in [1.807, 2.05) is 0 Å². The molecule has 1 aliphatic heterocycles. The van der Waals surface area contributed by atoms with Crippen molar-refractivity contribution >= 4 is 17.8 Å². The van der Waals surface area contributed by atoms with E-state index in [0.717, 1.165) is 42.6 Å². The predicted octanol–water partition coefficient (Wildman–Crippen LogP) is 2.09. The van der Waals surface area contributed by atoms with Crippen molar-refractivity contribution in [2.45, 2.75) is 69.5 Å². The summed E-state index contributed by atoms with van der Waals surface area (Å²) in [5.41, 5.74) is 0.524. The van der Waals surface area contributed by atoms with Crippen LogP contribution in [0.4, 0.5) is 9.18 Å². The van der Waals surface area contributed by atoms with Crippen LogP contribution in [-0.4, -0.2) is 45.9 Å². The van der Waals surface area contributed by atoms with Crippen molar-refractivity contribution in [3.05, 3.63) is 35.6 Å². The number of quaternary nitrogens is 1. The van der Waals surface area contributed by atoms with Crippen LogP contribution in [0.5, 0.6) is 0 Å².